The van der Waals surface area contributed by atoms with E-state index in [0.717, 1.165) is 16.5 Å². The second-order valence-electron chi connectivity index (χ2n) is 5.33. The predicted molar refractivity (Wildman–Crippen MR) is 74.8 cm³/mol. The number of ether oxygens (including phenoxy) is 1. The summed E-state index contributed by atoms with van der Waals surface area (Å²) >= 11 is 0. The number of nitrogens with one attached hydrogen (secondary N) is 1. The molecule has 2 aromatic rings. The number of carbonyl (C=O) groups is 1. The maximum Gasteiger partial charge on any atom is 0.407 e. The molecule has 100 valence electrons. The lowest BCUT2D eigenvalue weighted by Crippen LogP contribution is -2.32. The molecule has 0 saturated carbocycles. The van der Waals surface area contributed by atoms with Crippen molar-refractivity contribution in [2.45, 2.75) is 32.9 Å². The number of amides is 1. The monoisotopic (exact) mass is 258 g/mol. The van der Waals surface area contributed by atoms with E-state index in [2.05, 4.69) is 10.3 Å². The van der Waals surface area contributed by atoms with Crippen molar-refractivity contribution in [1.82, 2.24) is 10.3 Å². The van der Waals surface area contributed by atoms with Gasteiger partial charge in [0, 0.05) is 11.6 Å². The molecule has 0 unspecified atom stereocenters. The molecule has 0 aliphatic carbocycles. The molecule has 0 fully saturated rings. The summed E-state index contributed by atoms with van der Waals surface area (Å²) in [5, 5.41) is 4.88. The third kappa shape index (κ3) is 3.68. The van der Waals surface area contributed by atoms with E-state index in [0.29, 0.717) is 6.54 Å². The molecule has 4 nitrogen and oxygen atoms in total. The van der Waals surface area contributed by atoms with E-state index in [1.54, 1.807) is 6.20 Å². The van der Waals surface area contributed by atoms with E-state index in [-0.39, 0.29) is 0 Å². The molecule has 0 saturated heterocycles. The minimum absolute atomic E-state index is 0.357. The summed E-state index contributed by atoms with van der Waals surface area (Å²) in [7, 11) is 0. The first-order valence-electron chi connectivity index (χ1n) is 6.25. The van der Waals surface area contributed by atoms with Crippen LogP contribution in [0, 0.1) is 0 Å². The number of pyridine rings is 1. The molecular weight excluding hydrogens is 240 g/mol. The van der Waals surface area contributed by atoms with Gasteiger partial charge in [-0.05, 0) is 32.2 Å². The highest BCUT2D eigenvalue weighted by Gasteiger charge is 2.16. The zero-order valence-electron chi connectivity index (χ0n) is 11.4. The topological polar surface area (TPSA) is 51.2 Å². The Bertz CT molecular complexity index is 583. The minimum Gasteiger partial charge on any atom is -0.444 e. The summed E-state index contributed by atoms with van der Waals surface area (Å²) in [5.74, 6) is 0. The summed E-state index contributed by atoms with van der Waals surface area (Å²) in [6.07, 6.45) is 1.32. The highest BCUT2D eigenvalue weighted by Crippen LogP contribution is 2.16. The maximum absolute atomic E-state index is 11.6. The predicted octanol–water partition coefficient (Wildman–Crippen LogP) is 3.26. The summed E-state index contributed by atoms with van der Waals surface area (Å²) < 4.78 is 5.19. The van der Waals surface area contributed by atoms with Crippen molar-refractivity contribution in [2.75, 3.05) is 0 Å². The first-order chi connectivity index (χ1) is 8.96. The Morgan fingerprint density at radius 3 is 2.74 bits per heavy atom. The van der Waals surface area contributed by atoms with Gasteiger partial charge in [0.1, 0.15) is 5.60 Å². The fraction of sp³-hybridized carbons (Fsp3) is 0.333. The molecule has 0 radical (unpaired) electrons. The smallest absolute Gasteiger partial charge is 0.407 e. The highest BCUT2D eigenvalue weighted by atomic mass is 16.6. The van der Waals surface area contributed by atoms with Crippen molar-refractivity contribution in [2.24, 2.45) is 0 Å². The largest absolute Gasteiger partial charge is 0.444 e. The van der Waals surface area contributed by atoms with Crippen molar-refractivity contribution < 1.29 is 9.53 Å². The number of carbonyl (C=O) groups excluding carboxylic acids is 1. The molecule has 0 atom stereocenters. The van der Waals surface area contributed by atoms with Gasteiger partial charge in [-0.2, -0.15) is 0 Å². The van der Waals surface area contributed by atoms with Crippen LogP contribution in [0.25, 0.3) is 10.8 Å². The van der Waals surface area contributed by atoms with E-state index in [1.165, 1.54) is 0 Å². The van der Waals surface area contributed by atoms with Crippen LogP contribution >= 0.6 is 0 Å². The Morgan fingerprint density at radius 2 is 2.00 bits per heavy atom. The van der Waals surface area contributed by atoms with Crippen LogP contribution in [0.5, 0.6) is 0 Å². The Labute approximate surface area is 112 Å². The maximum atomic E-state index is 11.6. The van der Waals surface area contributed by atoms with E-state index in [4.69, 9.17) is 4.74 Å². The molecule has 1 aromatic heterocycles. The summed E-state index contributed by atoms with van der Waals surface area (Å²) in [5.41, 5.74) is 0.347. The Hall–Kier alpha value is -2.10. The van der Waals surface area contributed by atoms with Gasteiger partial charge in [-0.25, -0.2) is 4.79 Å². The number of hydrogen-bond donors (Lipinski definition) is 1. The van der Waals surface area contributed by atoms with Gasteiger partial charge in [0.05, 0.1) is 12.2 Å². The first kappa shape index (κ1) is 13.3. The number of fused-ring (bicyclic) bond motifs is 1. The molecule has 0 spiro atoms. The molecule has 1 amide bonds. The van der Waals surface area contributed by atoms with Crippen LogP contribution in [-0.4, -0.2) is 16.7 Å². The fourth-order valence-electron chi connectivity index (χ4n) is 1.79. The zero-order chi connectivity index (χ0) is 13.9. The van der Waals surface area contributed by atoms with Gasteiger partial charge in [-0.1, -0.05) is 24.3 Å². The fourth-order valence-corrected chi connectivity index (χ4v) is 1.79. The van der Waals surface area contributed by atoms with E-state index in [1.807, 2.05) is 51.1 Å². The van der Waals surface area contributed by atoms with Crippen molar-refractivity contribution in [3.8, 4) is 0 Å². The van der Waals surface area contributed by atoms with Crippen LogP contribution in [-0.2, 0) is 11.3 Å². The van der Waals surface area contributed by atoms with Crippen LogP contribution in [0.4, 0.5) is 4.79 Å². The van der Waals surface area contributed by atoms with Gasteiger partial charge in [-0.15, -0.1) is 0 Å². The minimum atomic E-state index is -0.490. The van der Waals surface area contributed by atoms with Crippen LogP contribution < -0.4 is 5.32 Å². The summed E-state index contributed by atoms with van der Waals surface area (Å²) in [6.45, 7) is 5.87. The third-order valence-corrected chi connectivity index (χ3v) is 2.56. The summed E-state index contributed by atoms with van der Waals surface area (Å²) in [4.78, 5) is 15.9. The lowest BCUT2D eigenvalue weighted by Gasteiger charge is -2.19. The van der Waals surface area contributed by atoms with Crippen molar-refractivity contribution in [3.63, 3.8) is 0 Å². The lowest BCUT2D eigenvalue weighted by atomic mass is 10.1. The molecule has 1 aromatic carbocycles. The Morgan fingerprint density at radius 1 is 1.26 bits per heavy atom. The number of alkyl carbamates (subject to hydrolysis) is 1. The second kappa shape index (κ2) is 5.26. The highest BCUT2D eigenvalue weighted by molar-refractivity contribution is 5.84. The van der Waals surface area contributed by atoms with Crippen molar-refractivity contribution in [3.05, 3.63) is 42.2 Å². The molecular formula is C15H18N2O2. The van der Waals surface area contributed by atoms with Crippen LogP contribution in [0.15, 0.2) is 36.5 Å². The van der Waals surface area contributed by atoms with Crippen molar-refractivity contribution in [1.29, 1.82) is 0 Å². The number of aromatic nitrogens is 1. The number of benzene rings is 1. The van der Waals surface area contributed by atoms with Crippen molar-refractivity contribution >= 4 is 16.9 Å². The molecule has 2 rings (SSSR count). The molecule has 1 N–H and O–H groups in total. The average molecular weight is 258 g/mol. The van der Waals surface area contributed by atoms with Crippen LogP contribution in [0.1, 0.15) is 26.5 Å². The molecule has 4 heteroatoms. The molecule has 19 heavy (non-hydrogen) atoms. The Kier molecular flexibility index (Phi) is 3.69. The third-order valence-electron chi connectivity index (χ3n) is 2.56. The van der Waals surface area contributed by atoms with E-state index >= 15 is 0 Å². The summed E-state index contributed by atoms with van der Waals surface area (Å²) in [6, 6.07) is 9.91. The number of hydrogen-bond acceptors (Lipinski definition) is 3. The van der Waals surface area contributed by atoms with Crippen LogP contribution in [0.2, 0.25) is 0 Å². The van der Waals surface area contributed by atoms with Crippen LogP contribution in [0.3, 0.4) is 0 Å². The molecule has 0 aliphatic heterocycles. The normalized spacial score (nSPS) is 11.3. The van der Waals surface area contributed by atoms with E-state index < -0.39 is 11.7 Å². The number of rotatable bonds is 2. The van der Waals surface area contributed by atoms with Gasteiger partial charge in [0.25, 0.3) is 0 Å². The second-order valence-corrected chi connectivity index (χ2v) is 5.33. The SMILES string of the molecule is CC(C)(C)OC(=O)NCc1nccc2ccccc12. The van der Waals surface area contributed by atoms with Gasteiger partial charge in [0.15, 0.2) is 0 Å². The molecule has 0 aliphatic rings. The first-order valence-corrected chi connectivity index (χ1v) is 6.25. The van der Waals surface area contributed by atoms with Gasteiger partial charge >= 0.3 is 6.09 Å². The zero-order valence-corrected chi connectivity index (χ0v) is 11.4. The standard InChI is InChI=1S/C15H18N2O2/c1-15(2,3)19-14(18)17-10-13-12-7-5-4-6-11(12)8-9-16-13/h4-9H,10H2,1-3H3,(H,17,18). The van der Waals surface area contributed by atoms with E-state index in [9.17, 15) is 4.79 Å². The lowest BCUT2D eigenvalue weighted by molar-refractivity contribution is 0.0523. The molecule has 1 heterocycles. The average Bonchev–Trinajstić information content (AvgIpc) is 2.34. The van der Waals surface area contributed by atoms with Gasteiger partial charge < -0.3 is 10.1 Å². The van der Waals surface area contributed by atoms with Gasteiger partial charge in [0.2, 0.25) is 0 Å². The molecule has 0 bridgehead atoms. The van der Waals surface area contributed by atoms with Gasteiger partial charge in [-0.3, -0.25) is 4.98 Å². The number of nitrogens with zero attached hydrogens (tertiary/aromatic N) is 1. The Balaban J connectivity index is 2.08. The quantitative estimate of drug-likeness (QED) is 0.899.